The van der Waals surface area contributed by atoms with Gasteiger partial charge in [0.25, 0.3) is 0 Å². The van der Waals surface area contributed by atoms with Crippen LogP contribution in [0.5, 0.6) is 0 Å². The lowest BCUT2D eigenvalue weighted by Crippen LogP contribution is -2.46. The molecule has 1 aliphatic carbocycles. The van der Waals surface area contributed by atoms with Crippen molar-refractivity contribution in [1.82, 2.24) is 0 Å². The highest BCUT2D eigenvalue weighted by Crippen LogP contribution is 2.41. The molecule has 1 rings (SSSR count). The van der Waals surface area contributed by atoms with Gasteiger partial charge < -0.3 is 4.74 Å². The van der Waals surface area contributed by atoms with E-state index in [1.165, 1.54) is 0 Å². The lowest BCUT2D eigenvalue weighted by Gasteiger charge is -2.42. The summed E-state index contributed by atoms with van der Waals surface area (Å²) in [5.74, 6) is 0.220. The van der Waals surface area contributed by atoms with E-state index in [9.17, 15) is 0 Å². The van der Waals surface area contributed by atoms with Crippen LogP contribution in [0.1, 0.15) is 12.8 Å². The Morgan fingerprint density at radius 3 is 2.70 bits per heavy atom. The van der Waals surface area contributed by atoms with Crippen LogP contribution in [-0.2, 0) is 4.74 Å². The van der Waals surface area contributed by atoms with Gasteiger partial charge in [0, 0.05) is 12.4 Å². The van der Waals surface area contributed by atoms with Crippen molar-refractivity contribution in [3.05, 3.63) is 0 Å². The van der Waals surface area contributed by atoms with Crippen molar-refractivity contribution < 1.29 is 4.74 Å². The van der Waals surface area contributed by atoms with Gasteiger partial charge in [-0.25, -0.2) is 0 Å². The third kappa shape index (κ3) is 1.18. The van der Waals surface area contributed by atoms with Crippen molar-refractivity contribution in [3.8, 4) is 6.07 Å². The van der Waals surface area contributed by atoms with E-state index in [0.29, 0.717) is 0 Å². The number of hydrogen-bond donors (Lipinski definition) is 0. The van der Waals surface area contributed by atoms with Gasteiger partial charge in [-0.05, 0) is 12.8 Å². The molecular weight excluding hydrogens is 194 g/mol. The monoisotopic (exact) mass is 203 g/mol. The molecule has 0 radical (unpaired) electrons. The highest BCUT2D eigenvalue weighted by molar-refractivity contribution is 9.09. The Labute approximate surface area is 69.3 Å². The van der Waals surface area contributed by atoms with Crippen LogP contribution < -0.4 is 0 Å². The molecule has 0 aliphatic heterocycles. The van der Waals surface area contributed by atoms with Gasteiger partial charge in [-0.15, -0.1) is 0 Å². The molecule has 0 aromatic heterocycles. The minimum Gasteiger partial charge on any atom is -0.377 e. The minimum absolute atomic E-state index is 0.0274. The largest absolute Gasteiger partial charge is 0.377 e. The Balaban J connectivity index is 2.40. The Kier molecular flexibility index (Phi) is 2.32. The second kappa shape index (κ2) is 2.89. The van der Waals surface area contributed by atoms with Crippen LogP contribution in [0.25, 0.3) is 0 Å². The van der Waals surface area contributed by atoms with Crippen LogP contribution in [0, 0.1) is 17.2 Å². The minimum atomic E-state index is -0.0274. The Hall–Kier alpha value is -0.0700. The van der Waals surface area contributed by atoms with Gasteiger partial charge in [-0.3, -0.25) is 0 Å². The lowest BCUT2D eigenvalue weighted by atomic mass is 9.73. The first-order valence-corrected chi connectivity index (χ1v) is 4.39. The SMILES string of the molecule is COC1(CBr)CC(C#N)C1. The average molecular weight is 204 g/mol. The van der Waals surface area contributed by atoms with Crippen LogP contribution in [-0.4, -0.2) is 18.0 Å². The second-order valence-corrected chi connectivity index (χ2v) is 3.32. The molecule has 1 fully saturated rings. The van der Waals surface area contributed by atoms with Crippen molar-refractivity contribution in [2.24, 2.45) is 5.92 Å². The summed E-state index contributed by atoms with van der Waals surface area (Å²) in [6.45, 7) is 0. The maximum absolute atomic E-state index is 8.49. The topological polar surface area (TPSA) is 33.0 Å². The van der Waals surface area contributed by atoms with Gasteiger partial charge in [-0.2, -0.15) is 5.26 Å². The Morgan fingerprint density at radius 2 is 2.40 bits per heavy atom. The third-order valence-corrected chi connectivity index (χ3v) is 3.12. The summed E-state index contributed by atoms with van der Waals surface area (Å²) >= 11 is 3.37. The highest BCUT2D eigenvalue weighted by Gasteiger charge is 2.43. The first-order chi connectivity index (χ1) is 4.76. The predicted octanol–water partition coefficient (Wildman–Crippen LogP) is 1.70. The van der Waals surface area contributed by atoms with Crippen molar-refractivity contribution in [3.63, 3.8) is 0 Å². The van der Waals surface area contributed by atoms with Gasteiger partial charge in [0.1, 0.15) is 0 Å². The molecule has 56 valence electrons. The van der Waals surface area contributed by atoms with Crippen LogP contribution in [0.4, 0.5) is 0 Å². The molecule has 0 aromatic rings. The molecule has 0 atom stereocenters. The van der Waals surface area contributed by atoms with E-state index >= 15 is 0 Å². The molecule has 10 heavy (non-hydrogen) atoms. The number of hydrogen-bond acceptors (Lipinski definition) is 2. The normalized spacial score (nSPS) is 38.3. The quantitative estimate of drug-likeness (QED) is 0.641. The van der Waals surface area contributed by atoms with E-state index in [2.05, 4.69) is 22.0 Å². The van der Waals surface area contributed by atoms with Gasteiger partial charge >= 0.3 is 0 Å². The first-order valence-electron chi connectivity index (χ1n) is 3.27. The summed E-state index contributed by atoms with van der Waals surface area (Å²) < 4.78 is 5.26. The number of ether oxygens (including phenoxy) is 1. The number of nitrogens with zero attached hydrogens (tertiary/aromatic N) is 1. The van der Waals surface area contributed by atoms with E-state index < -0.39 is 0 Å². The molecule has 0 bridgehead atoms. The molecule has 2 nitrogen and oxygen atoms in total. The summed E-state index contributed by atoms with van der Waals surface area (Å²) in [6, 6.07) is 2.22. The van der Waals surface area contributed by atoms with Crippen LogP contribution in [0.15, 0.2) is 0 Å². The molecule has 0 heterocycles. The van der Waals surface area contributed by atoms with Crippen molar-refractivity contribution in [2.75, 3.05) is 12.4 Å². The molecule has 0 amide bonds. The highest BCUT2D eigenvalue weighted by atomic mass is 79.9. The van der Waals surface area contributed by atoms with Crippen LogP contribution in [0.2, 0.25) is 0 Å². The zero-order valence-electron chi connectivity index (χ0n) is 5.93. The smallest absolute Gasteiger partial charge is 0.0800 e. The van der Waals surface area contributed by atoms with Gasteiger partial charge in [-0.1, -0.05) is 15.9 Å². The predicted molar refractivity (Wildman–Crippen MR) is 41.9 cm³/mol. The van der Waals surface area contributed by atoms with E-state index in [-0.39, 0.29) is 11.5 Å². The summed E-state index contributed by atoms with van der Waals surface area (Å²) in [6.07, 6.45) is 1.76. The van der Waals surface area contributed by atoms with E-state index in [1.807, 2.05) is 0 Å². The fourth-order valence-corrected chi connectivity index (χ4v) is 1.95. The summed E-state index contributed by atoms with van der Waals surface area (Å²) in [7, 11) is 1.70. The average Bonchev–Trinajstić information content (AvgIpc) is 1.89. The van der Waals surface area contributed by atoms with Crippen molar-refractivity contribution in [2.45, 2.75) is 18.4 Å². The van der Waals surface area contributed by atoms with Crippen molar-refractivity contribution >= 4 is 15.9 Å². The fourth-order valence-electron chi connectivity index (χ4n) is 1.26. The summed E-state index contributed by atoms with van der Waals surface area (Å²) in [5.41, 5.74) is -0.0274. The maximum atomic E-state index is 8.49. The van der Waals surface area contributed by atoms with E-state index in [4.69, 9.17) is 10.00 Å². The maximum Gasteiger partial charge on any atom is 0.0800 e. The summed E-state index contributed by atoms with van der Waals surface area (Å²) in [4.78, 5) is 0. The number of nitriles is 1. The molecule has 0 N–H and O–H groups in total. The number of halogens is 1. The molecule has 0 spiro atoms. The van der Waals surface area contributed by atoms with Gasteiger partial charge in [0.15, 0.2) is 0 Å². The third-order valence-electron chi connectivity index (χ3n) is 2.10. The zero-order valence-corrected chi connectivity index (χ0v) is 7.52. The molecule has 3 heteroatoms. The van der Waals surface area contributed by atoms with E-state index in [0.717, 1.165) is 18.2 Å². The van der Waals surface area contributed by atoms with Gasteiger partial charge in [0.05, 0.1) is 17.6 Å². The Morgan fingerprint density at radius 1 is 1.80 bits per heavy atom. The molecule has 0 saturated heterocycles. The summed E-state index contributed by atoms with van der Waals surface area (Å²) in [5, 5.41) is 9.33. The number of rotatable bonds is 2. The standard InChI is InChI=1S/C7H10BrNO/c1-10-7(5-8)2-6(3-7)4-9/h6H,2-3,5H2,1H3. The van der Waals surface area contributed by atoms with Crippen molar-refractivity contribution in [1.29, 1.82) is 5.26 Å². The molecule has 0 aromatic carbocycles. The molecule has 1 saturated carbocycles. The number of methoxy groups -OCH3 is 1. The number of alkyl halides is 1. The second-order valence-electron chi connectivity index (χ2n) is 2.76. The molecule has 0 unspecified atom stereocenters. The Bertz CT molecular complexity index is 151. The molecular formula is C7H10BrNO. The lowest BCUT2D eigenvalue weighted by molar-refractivity contribution is -0.0706. The van der Waals surface area contributed by atoms with Crippen LogP contribution in [0.3, 0.4) is 0 Å². The van der Waals surface area contributed by atoms with Crippen LogP contribution >= 0.6 is 15.9 Å². The fraction of sp³-hybridized carbons (Fsp3) is 0.857. The van der Waals surface area contributed by atoms with E-state index in [1.54, 1.807) is 7.11 Å². The zero-order chi connectivity index (χ0) is 7.61. The van der Waals surface area contributed by atoms with Gasteiger partial charge in [0.2, 0.25) is 0 Å². The molecule has 1 aliphatic rings. The first kappa shape index (κ1) is 8.03.